The molecule has 1 aromatic carbocycles. The average molecular weight is 202 g/mol. The van der Waals surface area contributed by atoms with Crippen molar-refractivity contribution in [3.8, 4) is 0 Å². The van der Waals surface area contributed by atoms with E-state index < -0.39 is 0 Å². The zero-order valence-corrected chi connectivity index (χ0v) is 8.57. The molecular weight excluding hydrogens is 188 g/mol. The van der Waals surface area contributed by atoms with Gasteiger partial charge in [0.25, 0.3) is 0 Å². The predicted octanol–water partition coefficient (Wildman–Crippen LogP) is 1.07. The summed E-state index contributed by atoms with van der Waals surface area (Å²) in [7, 11) is 0. The van der Waals surface area contributed by atoms with Gasteiger partial charge in [0, 0.05) is 12.2 Å². The number of carbonyl (C=O) groups excluding carboxylic acids is 1. The van der Waals surface area contributed by atoms with Crippen molar-refractivity contribution in [1.29, 1.82) is 0 Å². The maximum absolute atomic E-state index is 11.5. The number of primary amides is 1. The molecule has 0 unspecified atom stereocenters. The van der Waals surface area contributed by atoms with Crippen LogP contribution in [0.4, 0.5) is 5.69 Å². The maximum Gasteiger partial charge on any atom is 0.243 e. The molecule has 1 fully saturated rings. The van der Waals surface area contributed by atoms with E-state index in [0.717, 1.165) is 25.8 Å². The Morgan fingerprint density at radius 1 is 1.33 bits per heavy atom. The van der Waals surface area contributed by atoms with E-state index in [1.54, 1.807) is 0 Å². The van der Waals surface area contributed by atoms with Crippen molar-refractivity contribution >= 4 is 11.6 Å². The fourth-order valence-corrected chi connectivity index (χ4v) is 2.55. The molecule has 2 N–H and O–H groups in total. The second kappa shape index (κ2) is 2.75. The number of amides is 1. The molecule has 3 heteroatoms. The third kappa shape index (κ3) is 1.09. The lowest BCUT2D eigenvalue weighted by atomic mass is 10.1. The summed E-state index contributed by atoms with van der Waals surface area (Å²) in [5.74, 6) is -0.167. The predicted molar refractivity (Wildman–Crippen MR) is 58.7 cm³/mol. The Morgan fingerprint density at radius 2 is 2.07 bits per heavy atom. The summed E-state index contributed by atoms with van der Waals surface area (Å²) in [5.41, 5.74) is 7.68. The summed E-state index contributed by atoms with van der Waals surface area (Å²) in [6.45, 7) is 0.933. The lowest BCUT2D eigenvalue weighted by Gasteiger charge is -2.27. The number of nitrogens with two attached hydrogens (primary N) is 1. The van der Waals surface area contributed by atoms with Gasteiger partial charge in [-0.25, -0.2) is 0 Å². The van der Waals surface area contributed by atoms with Crippen molar-refractivity contribution in [2.24, 2.45) is 5.73 Å². The smallest absolute Gasteiger partial charge is 0.243 e. The first-order valence-electron chi connectivity index (χ1n) is 5.39. The Hall–Kier alpha value is -1.51. The molecular formula is C12H14N2O. The minimum absolute atomic E-state index is 0.167. The molecule has 1 saturated carbocycles. The number of nitrogens with zero attached hydrogens (tertiary/aromatic N) is 1. The van der Waals surface area contributed by atoms with Crippen molar-refractivity contribution in [3.63, 3.8) is 0 Å². The van der Waals surface area contributed by atoms with Crippen LogP contribution in [0.1, 0.15) is 18.4 Å². The van der Waals surface area contributed by atoms with E-state index >= 15 is 0 Å². The third-order valence-electron chi connectivity index (χ3n) is 3.59. The second-order valence-electron chi connectivity index (χ2n) is 4.43. The highest BCUT2D eigenvalue weighted by atomic mass is 16.2. The third-order valence-corrected chi connectivity index (χ3v) is 3.59. The largest absolute Gasteiger partial charge is 0.368 e. The average Bonchev–Trinajstić information content (AvgIpc) is 2.93. The van der Waals surface area contributed by atoms with Crippen LogP contribution in [-0.4, -0.2) is 18.0 Å². The minimum Gasteiger partial charge on any atom is -0.368 e. The summed E-state index contributed by atoms with van der Waals surface area (Å²) >= 11 is 0. The number of benzene rings is 1. The van der Waals surface area contributed by atoms with E-state index in [1.165, 1.54) is 11.3 Å². The Morgan fingerprint density at radius 3 is 2.73 bits per heavy atom. The number of carbonyl (C=O) groups is 1. The molecule has 1 aromatic rings. The molecule has 78 valence electrons. The number of para-hydroxylation sites is 1. The van der Waals surface area contributed by atoms with Gasteiger partial charge in [0.2, 0.25) is 5.91 Å². The lowest BCUT2D eigenvalue weighted by molar-refractivity contribution is -0.120. The van der Waals surface area contributed by atoms with E-state index in [0.29, 0.717) is 0 Å². The highest BCUT2D eigenvalue weighted by Crippen LogP contribution is 2.47. The van der Waals surface area contributed by atoms with Crippen LogP contribution in [0.5, 0.6) is 0 Å². The summed E-state index contributed by atoms with van der Waals surface area (Å²) in [6.07, 6.45) is 2.86. The van der Waals surface area contributed by atoms with Gasteiger partial charge in [-0.2, -0.15) is 0 Å². The standard InChI is InChI=1S/C12H14N2O/c13-11(15)12(6-7-12)14-8-5-9-3-1-2-4-10(9)14/h1-4H,5-8H2,(H2,13,15). The molecule has 0 spiro atoms. The summed E-state index contributed by atoms with van der Waals surface area (Å²) in [4.78, 5) is 13.7. The van der Waals surface area contributed by atoms with E-state index in [4.69, 9.17) is 5.73 Å². The van der Waals surface area contributed by atoms with Gasteiger partial charge in [0.05, 0.1) is 0 Å². The molecule has 0 bridgehead atoms. The van der Waals surface area contributed by atoms with Crippen molar-refractivity contribution in [3.05, 3.63) is 29.8 Å². The Balaban J connectivity index is 2.01. The summed E-state index contributed by atoms with van der Waals surface area (Å²) < 4.78 is 0. The fourth-order valence-electron chi connectivity index (χ4n) is 2.55. The van der Waals surface area contributed by atoms with Crippen LogP contribution in [0.3, 0.4) is 0 Å². The number of anilines is 1. The first-order valence-corrected chi connectivity index (χ1v) is 5.39. The van der Waals surface area contributed by atoms with E-state index in [-0.39, 0.29) is 11.4 Å². The zero-order chi connectivity index (χ0) is 10.5. The summed E-state index contributed by atoms with van der Waals surface area (Å²) in [5, 5.41) is 0. The van der Waals surface area contributed by atoms with E-state index in [2.05, 4.69) is 17.0 Å². The first kappa shape index (κ1) is 8.77. The van der Waals surface area contributed by atoms with E-state index in [9.17, 15) is 4.79 Å². The van der Waals surface area contributed by atoms with Gasteiger partial charge < -0.3 is 10.6 Å². The monoisotopic (exact) mass is 202 g/mol. The number of hydrogen-bond acceptors (Lipinski definition) is 2. The molecule has 3 nitrogen and oxygen atoms in total. The fraction of sp³-hybridized carbons (Fsp3) is 0.417. The molecule has 0 radical (unpaired) electrons. The lowest BCUT2D eigenvalue weighted by Crippen LogP contribution is -2.46. The summed E-state index contributed by atoms with van der Waals surface area (Å²) in [6, 6.07) is 8.29. The van der Waals surface area contributed by atoms with Crippen molar-refractivity contribution in [2.75, 3.05) is 11.4 Å². The van der Waals surface area contributed by atoms with Crippen molar-refractivity contribution < 1.29 is 4.79 Å². The van der Waals surface area contributed by atoms with Crippen LogP contribution in [0.2, 0.25) is 0 Å². The van der Waals surface area contributed by atoms with Crippen LogP contribution in [0, 0.1) is 0 Å². The molecule has 1 heterocycles. The molecule has 0 atom stereocenters. The first-order chi connectivity index (χ1) is 7.24. The van der Waals surface area contributed by atoms with Crippen LogP contribution in [0.15, 0.2) is 24.3 Å². The van der Waals surface area contributed by atoms with Crippen molar-refractivity contribution in [1.82, 2.24) is 0 Å². The van der Waals surface area contributed by atoms with Gasteiger partial charge in [-0.1, -0.05) is 18.2 Å². The van der Waals surface area contributed by atoms with Gasteiger partial charge >= 0.3 is 0 Å². The van der Waals surface area contributed by atoms with Gasteiger partial charge in [-0.05, 0) is 30.9 Å². The van der Waals surface area contributed by atoms with Gasteiger partial charge in [0.1, 0.15) is 5.54 Å². The topological polar surface area (TPSA) is 46.3 Å². The van der Waals surface area contributed by atoms with Crippen LogP contribution in [0.25, 0.3) is 0 Å². The number of rotatable bonds is 2. The van der Waals surface area contributed by atoms with Crippen LogP contribution >= 0.6 is 0 Å². The molecule has 1 amide bonds. The number of hydrogen-bond donors (Lipinski definition) is 1. The molecule has 0 aromatic heterocycles. The molecule has 1 aliphatic heterocycles. The van der Waals surface area contributed by atoms with Gasteiger partial charge in [-0.15, -0.1) is 0 Å². The molecule has 2 aliphatic rings. The minimum atomic E-state index is -0.355. The van der Waals surface area contributed by atoms with E-state index in [1.807, 2.05) is 12.1 Å². The van der Waals surface area contributed by atoms with Crippen molar-refractivity contribution in [2.45, 2.75) is 24.8 Å². The molecule has 0 saturated heterocycles. The SMILES string of the molecule is NC(=O)C1(N2CCc3ccccc32)CC1. The Labute approximate surface area is 88.9 Å². The molecule has 15 heavy (non-hydrogen) atoms. The molecule has 3 rings (SSSR count). The van der Waals surface area contributed by atoms with Gasteiger partial charge in [0.15, 0.2) is 0 Å². The molecule has 1 aliphatic carbocycles. The maximum atomic E-state index is 11.5. The quantitative estimate of drug-likeness (QED) is 0.779. The van der Waals surface area contributed by atoms with Crippen LogP contribution in [-0.2, 0) is 11.2 Å². The highest BCUT2D eigenvalue weighted by Gasteiger charge is 2.54. The normalized spacial score (nSPS) is 21.2. The highest BCUT2D eigenvalue weighted by molar-refractivity contribution is 5.92. The number of fused-ring (bicyclic) bond motifs is 1. The van der Waals surface area contributed by atoms with Crippen LogP contribution < -0.4 is 10.6 Å². The second-order valence-corrected chi connectivity index (χ2v) is 4.43. The Bertz CT molecular complexity index is 423. The zero-order valence-electron chi connectivity index (χ0n) is 8.57. The van der Waals surface area contributed by atoms with Gasteiger partial charge in [-0.3, -0.25) is 4.79 Å². The Kier molecular flexibility index (Phi) is 1.61.